The number of anilines is 1. The first kappa shape index (κ1) is 18.8. The van der Waals surface area contributed by atoms with Crippen LogP contribution >= 0.6 is 11.6 Å². The van der Waals surface area contributed by atoms with Gasteiger partial charge in [0, 0.05) is 55.0 Å². The Labute approximate surface area is 169 Å². The monoisotopic (exact) mass is 401 g/mol. The van der Waals surface area contributed by atoms with E-state index in [0.29, 0.717) is 31.1 Å². The molecule has 2 aromatic rings. The number of nitrogens with one attached hydrogen (secondary N) is 2. The highest BCUT2D eigenvalue weighted by Crippen LogP contribution is 2.28. The van der Waals surface area contributed by atoms with E-state index < -0.39 is 6.04 Å². The van der Waals surface area contributed by atoms with Gasteiger partial charge in [0.1, 0.15) is 6.04 Å². The molecule has 28 heavy (non-hydrogen) atoms. The highest BCUT2D eigenvalue weighted by Gasteiger charge is 2.27. The molecule has 2 aliphatic rings. The summed E-state index contributed by atoms with van der Waals surface area (Å²) in [5.41, 5.74) is 1.97. The summed E-state index contributed by atoms with van der Waals surface area (Å²) in [6.07, 6.45) is 4.39. The van der Waals surface area contributed by atoms with E-state index in [9.17, 15) is 9.59 Å². The topological polar surface area (TPSA) is 77.6 Å². The Balaban J connectivity index is 1.39. The van der Waals surface area contributed by atoms with Crippen molar-refractivity contribution >= 4 is 40.1 Å². The molecule has 2 aliphatic heterocycles. The van der Waals surface area contributed by atoms with Gasteiger partial charge in [0.15, 0.2) is 0 Å². The first-order chi connectivity index (χ1) is 13.6. The Morgan fingerprint density at radius 2 is 2.00 bits per heavy atom. The molecule has 2 fully saturated rings. The molecule has 0 bridgehead atoms. The molecule has 0 aliphatic carbocycles. The van der Waals surface area contributed by atoms with Crippen molar-refractivity contribution in [2.45, 2.75) is 25.3 Å². The number of benzene rings is 1. The highest BCUT2D eigenvalue weighted by atomic mass is 35.5. The minimum atomic E-state index is -0.429. The summed E-state index contributed by atoms with van der Waals surface area (Å²) in [5.74, 6) is -0.0774. The Kier molecular flexibility index (Phi) is 5.52. The van der Waals surface area contributed by atoms with Crippen LogP contribution in [0.4, 0.5) is 10.5 Å². The van der Waals surface area contributed by atoms with E-state index in [1.165, 1.54) is 0 Å². The zero-order valence-electron chi connectivity index (χ0n) is 15.7. The summed E-state index contributed by atoms with van der Waals surface area (Å²) in [4.78, 5) is 33.1. The molecule has 3 amide bonds. The van der Waals surface area contributed by atoms with E-state index in [2.05, 4.69) is 20.5 Å². The third kappa shape index (κ3) is 3.99. The number of halogens is 1. The third-order valence-electron chi connectivity index (χ3n) is 5.42. The number of carbonyl (C=O) groups excluding carboxylic acids is 2. The predicted molar refractivity (Wildman–Crippen MR) is 110 cm³/mol. The number of nitrogens with zero attached hydrogens (tertiary/aromatic N) is 3. The highest BCUT2D eigenvalue weighted by molar-refractivity contribution is 6.31. The number of hydrogen-bond donors (Lipinski definition) is 2. The van der Waals surface area contributed by atoms with Crippen LogP contribution in [0.2, 0.25) is 5.02 Å². The molecule has 1 aromatic carbocycles. The number of aromatic nitrogens is 1. The first-order valence-corrected chi connectivity index (χ1v) is 10.1. The van der Waals surface area contributed by atoms with Gasteiger partial charge in [-0.1, -0.05) is 11.6 Å². The van der Waals surface area contributed by atoms with Crippen LogP contribution in [-0.4, -0.2) is 60.6 Å². The average molecular weight is 402 g/mol. The van der Waals surface area contributed by atoms with Gasteiger partial charge in [-0.25, -0.2) is 4.79 Å². The average Bonchev–Trinajstić information content (AvgIpc) is 2.91. The molecular weight excluding hydrogens is 378 g/mol. The fourth-order valence-electron chi connectivity index (χ4n) is 3.85. The molecule has 1 atom stereocenters. The maximum atomic E-state index is 12.6. The van der Waals surface area contributed by atoms with E-state index in [0.717, 1.165) is 42.5 Å². The lowest BCUT2D eigenvalue weighted by Crippen LogP contribution is -2.55. The standard InChI is InChI=1S/C20H24ClN5O2/c21-14-4-5-15-17(13-14)22-8-6-18(15)25-9-11-26(12-10-25)20(28)24-16-3-1-2-7-23-19(16)27/h4-6,8,13,16H,1-3,7,9-12H2,(H,23,27)(H,24,28)/t16-/m1/s1. The summed E-state index contributed by atoms with van der Waals surface area (Å²) in [6.45, 7) is 3.36. The van der Waals surface area contributed by atoms with E-state index in [-0.39, 0.29) is 11.9 Å². The van der Waals surface area contributed by atoms with Crippen LogP contribution in [0.3, 0.4) is 0 Å². The molecular formula is C20H24ClN5O2. The number of fused-ring (bicyclic) bond motifs is 1. The Morgan fingerprint density at radius 3 is 2.82 bits per heavy atom. The minimum Gasteiger partial charge on any atom is -0.367 e. The summed E-state index contributed by atoms with van der Waals surface area (Å²) < 4.78 is 0. The zero-order chi connectivity index (χ0) is 19.5. The van der Waals surface area contributed by atoms with Gasteiger partial charge >= 0.3 is 6.03 Å². The summed E-state index contributed by atoms with van der Waals surface area (Å²) in [5, 5.41) is 7.48. The molecule has 4 rings (SSSR count). The van der Waals surface area contributed by atoms with Crippen LogP contribution < -0.4 is 15.5 Å². The Hall–Kier alpha value is -2.54. The molecule has 3 heterocycles. The SMILES string of the molecule is O=C1NCCCC[C@H]1NC(=O)N1CCN(c2ccnc3cc(Cl)ccc23)CC1. The molecule has 0 saturated carbocycles. The van der Waals surface area contributed by atoms with Crippen LogP contribution in [0.1, 0.15) is 19.3 Å². The maximum Gasteiger partial charge on any atom is 0.318 e. The lowest BCUT2D eigenvalue weighted by molar-refractivity contribution is -0.122. The van der Waals surface area contributed by atoms with Gasteiger partial charge in [-0.15, -0.1) is 0 Å². The fourth-order valence-corrected chi connectivity index (χ4v) is 4.02. The second-order valence-corrected chi connectivity index (χ2v) is 7.69. The van der Waals surface area contributed by atoms with Crippen molar-refractivity contribution in [2.75, 3.05) is 37.6 Å². The van der Waals surface area contributed by atoms with Crippen molar-refractivity contribution in [3.8, 4) is 0 Å². The number of urea groups is 1. The van der Waals surface area contributed by atoms with Crippen LogP contribution in [0.15, 0.2) is 30.5 Å². The van der Waals surface area contributed by atoms with E-state index in [1.807, 2.05) is 24.3 Å². The largest absolute Gasteiger partial charge is 0.367 e. The van der Waals surface area contributed by atoms with Crippen molar-refractivity contribution in [2.24, 2.45) is 0 Å². The van der Waals surface area contributed by atoms with E-state index in [1.54, 1.807) is 11.1 Å². The fraction of sp³-hybridized carbons (Fsp3) is 0.450. The number of carbonyl (C=O) groups is 2. The molecule has 1 aromatic heterocycles. The number of piperazine rings is 1. The van der Waals surface area contributed by atoms with E-state index in [4.69, 9.17) is 11.6 Å². The number of rotatable bonds is 2. The van der Waals surface area contributed by atoms with Crippen molar-refractivity contribution < 1.29 is 9.59 Å². The third-order valence-corrected chi connectivity index (χ3v) is 5.66. The van der Waals surface area contributed by atoms with Crippen molar-refractivity contribution in [1.82, 2.24) is 20.5 Å². The molecule has 2 N–H and O–H groups in total. The van der Waals surface area contributed by atoms with Gasteiger partial charge in [0.05, 0.1) is 5.52 Å². The van der Waals surface area contributed by atoms with E-state index >= 15 is 0 Å². The number of pyridine rings is 1. The van der Waals surface area contributed by atoms with Crippen LogP contribution in [0, 0.1) is 0 Å². The summed E-state index contributed by atoms with van der Waals surface area (Å²) in [6, 6.07) is 7.14. The van der Waals surface area contributed by atoms with Crippen molar-refractivity contribution in [3.63, 3.8) is 0 Å². The van der Waals surface area contributed by atoms with Gasteiger partial charge in [0.2, 0.25) is 5.91 Å². The smallest absolute Gasteiger partial charge is 0.318 e. The van der Waals surface area contributed by atoms with Gasteiger partial charge in [-0.2, -0.15) is 0 Å². The van der Waals surface area contributed by atoms with Gasteiger partial charge in [-0.05, 0) is 43.5 Å². The quantitative estimate of drug-likeness (QED) is 0.810. The van der Waals surface area contributed by atoms with Crippen LogP contribution in [-0.2, 0) is 4.79 Å². The maximum absolute atomic E-state index is 12.6. The molecule has 0 spiro atoms. The Bertz CT molecular complexity index is 882. The molecule has 0 unspecified atom stereocenters. The minimum absolute atomic E-state index is 0.0774. The second kappa shape index (κ2) is 8.22. The molecule has 0 radical (unpaired) electrons. The normalized spacial score (nSPS) is 20.6. The van der Waals surface area contributed by atoms with Gasteiger partial charge in [-0.3, -0.25) is 9.78 Å². The number of hydrogen-bond acceptors (Lipinski definition) is 4. The van der Waals surface area contributed by atoms with Crippen LogP contribution in [0.25, 0.3) is 10.9 Å². The Morgan fingerprint density at radius 1 is 1.18 bits per heavy atom. The molecule has 7 nitrogen and oxygen atoms in total. The van der Waals surface area contributed by atoms with Crippen molar-refractivity contribution in [3.05, 3.63) is 35.5 Å². The number of amides is 3. The van der Waals surface area contributed by atoms with Crippen LogP contribution in [0.5, 0.6) is 0 Å². The predicted octanol–water partition coefficient (Wildman–Crippen LogP) is 2.39. The summed E-state index contributed by atoms with van der Waals surface area (Å²) in [7, 11) is 0. The van der Waals surface area contributed by atoms with Gasteiger partial charge < -0.3 is 20.4 Å². The summed E-state index contributed by atoms with van der Waals surface area (Å²) >= 11 is 6.08. The van der Waals surface area contributed by atoms with Gasteiger partial charge in [0.25, 0.3) is 0 Å². The molecule has 148 valence electrons. The molecule has 8 heteroatoms. The lowest BCUT2D eigenvalue weighted by Gasteiger charge is -2.37. The second-order valence-electron chi connectivity index (χ2n) is 7.25. The zero-order valence-corrected chi connectivity index (χ0v) is 16.4. The first-order valence-electron chi connectivity index (χ1n) is 9.74. The van der Waals surface area contributed by atoms with Crippen molar-refractivity contribution in [1.29, 1.82) is 0 Å². The molecule has 2 saturated heterocycles. The lowest BCUT2D eigenvalue weighted by atomic mass is 10.1.